The largest absolute Gasteiger partial charge is 0.496 e. The molecule has 1 N–H and O–H groups in total. The van der Waals surface area contributed by atoms with Gasteiger partial charge in [0.15, 0.2) is 5.96 Å². The van der Waals surface area contributed by atoms with Crippen molar-refractivity contribution in [1.82, 2.24) is 19.8 Å². The highest BCUT2D eigenvalue weighted by Crippen LogP contribution is 2.18. The molecule has 1 heterocycles. The van der Waals surface area contributed by atoms with Gasteiger partial charge in [-0.1, -0.05) is 42.5 Å². The zero-order valence-corrected chi connectivity index (χ0v) is 19.4. The molecule has 0 atom stereocenters. The molecule has 0 radical (unpaired) electrons. The van der Waals surface area contributed by atoms with Gasteiger partial charge in [-0.2, -0.15) is 0 Å². The van der Waals surface area contributed by atoms with Crippen molar-refractivity contribution < 1.29 is 4.74 Å². The fraction of sp³-hybridized carbons (Fsp3) is 0.273. The van der Waals surface area contributed by atoms with Crippen molar-refractivity contribution in [3.8, 4) is 5.75 Å². The van der Waals surface area contributed by atoms with Crippen molar-refractivity contribution in [2.45, 2.75) is 19.6 Å². The molecule has 0 amide bonds. The first-order valence-electron chi connectivity index (χ1n) is 9.27. The molecule has 3 aromatic rings. The van der Waals surface area contributed by atoms with Crippen LogP contribution in [0, 0.1) is 0 Å². The van der Waals surface area contributed by atoms with E-state index in [9.17, 15) is 0 Å². The second-order valence-electron chi connectivity index (χ2n) is 6.62. The first kappa shape index (κ1) is 22.7. The standard InChI is InChI=1S/C22H27N5O.HI/c1-23-22(26(2)16-20-6-4-5-7-21(20)28-3)25-14-18-8-10-19(11-9-18)15-27-13-12-24-17-27;/h4-13,17H,14-16H2,1-3H3,(H,23,25);1H. The monoisotopic (exact) mass is 505 g/mol. The van der Waals surface area contributed by atoms with Gasteiger partial charge in [-0.05, 0) is 17.2 Å². The molecule has 0 fully saturated rings. The highest BCUT2D eigenvalue weighted by atomic mass is 127. The van der Waals surface area contributed by atoms with Crippen LogP contribution in [0.2, 0.25) is 0 Å². The number of guanidine groups is 1. The molecule has 0 bridgehead atoms. The van der Waals surface area contributed by atoms with Gasteiger partial charge < -0.3 is 19.5 Å². The third-order valence-electron chi connectivity index (χ3n) is 4.57. The Morgan fingerprint density at radius 3 is 2.52 bits per heavy atom. The van der Waals surface area contributed by atoms with Crippen LogP contribution in [0.15, 0.2) is 72.2 Å². The van der Waals surface area contributed by atoms with Gasteiger partial charge in [-0.3, -0.25) is 4.99 Å². The Kier molecular flexibility index (Phi) is 8.98. The van der Waals surface area contributed by atoms with Gasteiger partial charge in [0.25, 0.3) is 0 Å². The van der Waals surface area contributed by atoms with Gasteiger partial charge in [0.05, 0.1) is 13.4 Å². The maximum absolute atomic E-state index is 5.44. The van der Waals surface area contributed by atoms with Gasteiger partial charge in [0, 0.05) is 51.7 Å². The number of rotatable bonds is 7. The molecule has 0 spiro atoms. The number of halogens is 1. The SMILES string of the molecule is CN=C(NCc1ccc(Cn2ccnc2)cc1)N(C)Cc1ccccc1OC.I. The van der Waals surface area contributed by atoms with Crippen LogP contribution in [-0.2, 0) is 19.6 Å². The average Bonchev–Trinajstić information content (AvgIpc) is 3.23. The number of nitrogens with zero attached hydrogens (tertiary/aromatic N) is 4. The molecule has 1 aromatic heterocycles. The minimum Gasteiger partial charge on any atom is -0.496 e. The Hall–Kier alpha value is -2.55. The number of hydrogen-bond acceptors (Lipinski definition) is 3. The molecule has 0 aliphatic rings. The number of methoxy groups -OCH3 is 1. The summed E-state index contributed by atoms with van der Waals surface area (Å²) < 4.78 is 7.50. The third kappa shape index (κ3) is 6.49. The molecule has 29 heavy (non-hydrogen) atoms. The minimum absolute atomic E-state index is 0. The van der Waals surface area contributed by atoms with E-state index in [0.29, 0.717) is 13.1 Å². The molecule has 0 saturated heterocycles. The van der Waals surface area contributed by atoms with Crippen molar-refractivity contribution in [2.24, 2.45) is 4.99 Å². The molecule has 154 valence electrons. The smallest absolute Gasteiger partial charge is 0.193 e. The van der Waals surface area contributed by atoms with Crippen molar-refractivity contribution in [3.63, 3.8) is 0 Å². The van der Waals surface area contributed by atoms with Gasteiger partial charge in [0.1, 0.15) is 5.75 Å². The molecule has 0 saturated carbocycles. The van der Waals surface area contributed by atoms with Crippen LogP contribution in [0.5, 0.6) is 5.75 Å². The van der Waals surface area contributed by atoms with E-state index in [1.54, 1.807) is 20.4 Å². The quantitative estimate of drug-likeness (QED) is 0.302. The zero-order chi connectivity index (χ0) is 19.8. The summed E-state index contributed by atoms with van der Waals surface area (Å²) in [5.41, 5.74) is 3.58. The predicted molar refractivity (Wildman–Crippen MR) is 128 cm³/mol. The van der Waals surface area contributed by atoms with Crippen molar-refractivity contribution >= 4 is 29.9 Å². The Morgan fingerprint density at radius 2 is 1.86 bits per heavy atom. The molecule has 6 nitrogen and oxygen atoms in total. The van der Waals surface area contributed by atoms with Crippen molar-refractivity contribution in [3.05, 3.63) is 83.9 Å². The van der Waals surface area contributed by atoms with E-state index >= 15 is 0 Å². The van der Waals surface area contributed by atoms with E-state index in [4.69, 9.17) is 4.74 Å². The summed E-state index contributed by atoms with van der Waals surface area (Å²) in [6.45, 7) is 2.26. The second-order valence-corrected chi connectivity index (χ2v) is 6.62. The van der Waals surface area contributed by atoms with Crippen LogP contribution in [0.25, 0.3) is 0 Å². The number of nitrogens with one attached hydrogen (secondary N) is 1. The van der Waals surface area contributed by atoms with Gasteiger partial charge in [-0.15, -0.1) is 24.0 Å². The molecule has 0 aliphatic carbocycles. The summed E-state index contributed by atoms with van der Waals surface area (Å²) in [6.07, 6.45) is 5.60. The summed E-state index contributed by atoms with van der Waals surface area (Å²) in [5.74, 6) is 1.73. The van der Waals surface area contributed by atoms with E-state index in [0.717, 1.165) is 23.8 Å². The fourth-order valence-electron chi connectivity index (χ4n) is 3.08. The van der Waals surface area contributed by atoms with Crippen LogP contribution in [0.3, 0.4) is 0 Å². The van der Waals surface area contributed by atoms with Crippen LogP contribution < -0.4 is 10.1 Å². The summed E-state index contributed by atoms with van der Waals surface area (Å²) >= 11 is 0. The molecule has 7 heteroatoms. The third-order valence-corrected chi connectivity index (χ3v) is 4.57. The Bertz CT molecular complexity index is 894. The maximum atomic E-state index is 5.44. The average molecular weight is 505 g/mol. The molecular formula is C22H28IN5O. The van der Waals surface area contributed by atoms with Crippen LogP contribution in [0.4, 0.5) is 0 Å². The second kappa shape index (κ2) is 11.5. The predicted octanol–water partition coefficient (Wildman–Crippen LogP) is 3.77. The lowest BCUT2D eigenvalue weighted by atomic mass is 10.1. The molecular weight excluding hydrogens is 477 g/mol. The van der Waals surface area contributed by atoms with Gasteiger partial charge >= 0.3 is 0 Å². The molecule has 2 aromatic carbocycles. The summed E-state index contributed by atoms with van der Waals surface area (Å²) in [7, 11) is 5.52. The number of imidazole rings is 1. The number of benzene rings is 2. The number of ether oxygens (including phenoxy) is 1. The van der Waals surface area contributed by atoms with Crippen molar-refractivity contribution in [1.29, 1.82) is 0 Å². The van der Waals surface area contributed by atoms with Crippen LogP contribution in [-0.4, -0.2) is 41.6 Å². The maximum Gasteiger partial charge on any atom is 0.193 e. The topological polar surface area (TPSA) is 54.7 Å². The Labute approximate surface area is 189 Å². The summed E-state index contributed by atoms with van der Waals surface area (Å²) in [4.78, 5) is 10.6. The highest BCUT2D eigenvalue weighted by Gasteiger charge is 2.09. The lowest BCUT2D eigenvalue weighted by molar-refractivity contribution is 0.396. The minimum atomic E-state index is 0. The van der Waals surface area contributed by atoms with Crippen molar-refractivity contribution in [2.75, 3.05) is 21.2 Å². The van der Waals surface area contributed by atoms with E-state index in [1.807, 2.05) is 37.8 Å². The normalized spacial score (nSPS) is 10.9. The molecule has 0 unspecified atom stereocenters. The van der Waals surface area contributed by atoms with Crippen LogP contribution >= 0.6 is 24.0 Å². The summed E-state index contributed by atoms with van der Waals surface area (Å²) in [6, 6.07) is 16.6. The number of hydrogen-bond donors (Lipinski definition) is 1. The zero-order valence-electron chi connectivity index (χ0n) is 17.1. The van der Waals surface area contributed by atoms with E-state index in [2.05, 4.69) is 55.1 Å². The number of aliphatic imine (C=N–C) groups is 1. The first-order chi connectivity index (χ1) is 13.7. The van der Waals surface area contributed by atoms with E-state index in [-0.39, 0.29) is 24.0 Å². The molecule has 3 rings (SSSR count). The molecule has 0 aliphatic heterocycles. The fourth-order valence-corrected chi connectivity index (χ4v) is 3.08. The highest BCUT2D eigenvalue weighted by molar-refractivity contribution is 14.0. The van der Waals surface area contributed by atoms with Gasteiger partial charge in [0.2, 0.25) is 0 Å². The Morgan fingerprint density at radius 1 is 1.14 bits per heavy atom. The number of aromatic nitrogens is 2. The lowest BCUT2D eigenvalue weighted by Crippen LogP contribution is -2.38. The summed E-state index contributed by atoms with van der Waals surface area (Å²) in [5, 5.41) is 3.43. The van der Waals surface area contributed by atoms with E-state index in [1.165, 1.54) is 11.1 Å². The Balaban J connectivity index is 0.00000300. The van der Waals surface area contributed by atoms with Gasteiger partial charge in [-0.25, -0.2) is 4.98 Å². The van der Waals surface area contributed by atoms with Crippen LogP contribution in [0.1, 0.15) is 16.7 Å². The number of para-hydroxylation sites is 1. The lowest BCUT2D eigenvalue weighted by Gasteiger charge is -2.23. The first-order valence-corrected chi connectivity index (χ1v) is 9.27. The van der Waals surface area contributed by atoms with E-state index < -0.39 is 0 Å².